The van der Waals surface area contributed by atoms with Gasteiger partial charge in [-0.1, -0.05) is 111 Å². The fourth-order valence-electron chi connectivity index (χ4n) is 6.34. The van der Waals surface area contributed by atoms with Gasteiger partial charge in [0.15, 0.2) is 0 Å². The second kappa shape index (κ2) is 14.8. The third-order valence-corrected chi connectivity index (χ3v) is 9.63. The highest BCUT2D eigenvalue weighted by atomic mass is 32.2. The van der Waals surface area contributed by atoms with Crippen LogP contribution in [0.3, 0.4) is 0 Å². The summed E-state index contributed by atoms with van der Waals surface area (Å²) in [5.41, 5.74) is 12.9. The minimum absolute atomic E-state index is 0.0796. The van der Waals surface area contributed by atoms with Crippen LogP contribution in [-0.4, -0.2) is 31.2 Å². The van der Waals surface area contributed by atoms with E-state index in [0.29, 0.717) is 6.42 Å². The zero-order chi connectivity index (χ0) is 35.3. The Hall–Kier alpha value is -4.72. The number of hydrogen-bond acceptors (Lipinski definition) is 4. The van der Waals surface area contributed by atoms with Gasteiger partial charge in [0.05, 0.1) is 11.7 Å². The molecular formula is C42H46N2O4S. The number of rotatable bonds is 11. The van der Waals surface area contributed by atoms with E-state index in [1.54, 1.807) is 0 Å². The molecule has 0 fully saturated rings. The minimum atomic E-state index is -4.04. The Morgan fingerprint density at radius 2 is 1.22 bits per heavy atom. The molecule has 5 aromatic rings. The van der Waals surface area contributed by atoms with Crippen LogP contribution in [0.1, 0.15) is 60.1 Å². The summed E-state index contributed by atoms with van der Waals surface area (Å²) >= 11 is 0. The molecule has 0 aromatic heterocycles. The van der Waals surface area contributed by atoms with Crippen LogP contribution < -0.4 is 10.6 Å². The molecule has 5 aromatic carbocycles. The number of anilines is 2. The van der Waals surface area contributed by atoms with Gasteiger partial charge >= 0.3 is 0 Å². The van der Waals surface area contributed by atoms with Gasteiger partial charge in [-0.25, -0.2) is 0 Å². The summed E-state index contributed by atoms with van der Waals surface area (Å²) in [4.78, 5) is 14.0. The van der Waals surface area contributed by atoms with E-state index in [0.717, 1.165) is 39.2 Å². The van der Waals surface area contributed by atoms with Crippen molar-refractivity contribution in [2.75, 3.05) is 22.9 Å². The molecule has 254 valence electrons. The van der Waals surface area contributed by atoms with Crippen LogP contribution in [0.25, 0.3) is 22.3 Å². The molecule has 0 aliphatic rings. The quantitative estimate of drug-likeness (QED) is 0.121. The van der Waals surface area contributed by atoms with E-state index in [1.807, 2.05) is 48.5 Å². The van der Waals surface area contributed by atoms with Crippen molar-refractivity contribution in [3.8, 4) is 22.3 Å². The standard InChI is InChI=1S/C42H46N2O4S/c1-28-25-29(2)40(30(3)26-28)35-15-21-38(22-16-35)44-41(45)39(27-31-7-19-37(20-8-31)43-23-24-49(46,47)48)34-11-9-32(10-12-34)33-13-17-36(18-14-33)42(4,5)6/h7-22,25-26,39,43H,23-24,27H2,1-6H3,(H,44,45)(H,46,47,48). The third-order valence-electron chi connectivity index (χ3n) is 8.91. The SMILES string of the molecule is Cc1cc(C)c(-c2ccc(NC(=O)C(Cc3ccc(NCCS(=O)(=O)O)cc3)c3ccc(-c4ccc(C(C)(C)C)cc4)cc3)cc2)c(C)c1. The molecule has 7 heteroatoms. The first-order chi connectivity index (χ1) is 23.2. The number of hydrogen-bond donors (Lipinski definition) is 3. The molecule has 0 saturated heterocycles. The molecule has 0 radical (unpaired) electrons. The van der Waals surface area contributed by atoms with E-state index in [2.05, 4.69) is 113 Å². The maximum Gasteiger partial charge on any atom is 0.266 e. The van der Waals surface area contributed by atoms with Crippen molar-refractivity contribution in [1.29, 1.82) is 0 Å². The van der Waals surface area contributed by atoms with Crippen molar-refractivity contribution in [3.05, 3.63) is 143 Å². The maximum absolute atomic E-state index is 14.0. The maximum atomic E-state index is 14.0. The molecule has 1 unspecified atom stereocenters. The molecule has 0 spiro atoms. The zero-order valence-corrected chi connectivity index (χ0v) is 30.0. The molecule has 1 amide bonds. The van der Waals surface area contributed by atoms with E-state index in [1.165, 1.54) is 27.8 Å². The summed E-state index contributed by atoms with van der Waals surface area (Å²) in [5.74, 6) is -0.941. The van der Waals surface area contributed by atoms with E-state index in [9.17, 15) is 13.2 Å². The van der Waals surface area contributed by atoms with Gasteiger partial charge in [-0.05, 0) is 107 Å². The molecule has 3 N–H and O–H groups in total. The first-order valence-electron chi connectivity index (χ1n) is 16.6. The van der Waals surface area contributed by atoms with E-state index in [-0.39, 0.29) is 23.6 Å². The fraction of sp³-hybridized carbons (Fsp3) is 0.262. The lowest BCUT2D eigenvalue weighted by Gasteiger charge is -2.20. The highest BCUT2D eigenvalue weighted by Crippen LogP contribution is 2.32. The van der Waals surface area contributed by atoms with Gasteiger partial charge in [-0.2, -0.15) is 8.42 Å². The topological polar surface area (TPSA) is 95.5 Å². The second-order valence-corrected chi connectivity index (χ2v) is 15.5. The van der Waals surface area contributed by atoms with Crippen molar-refractivity contribution >= 4 is 27.4 Å². The summed E-state index contributed by atoms with van der Waals surface area (Å²) in [6.45, 7) is 13.1. The summed E-state index contributed by atoms with van der Waals surface area (Å²) in [6, 6.07) is 36.9. The predicted molar refractivity (Wildman–Crippen MR) is 203 cm³/mol. The minimum Gasteiger partial charge on any atom is -0.384 e. The highest BCUT2D eigenvalue weighted by molar-refractivity contribution is 7.85. The lowest BCUT2D eigenvalue weighted by molar-refractivity contribution is -0.117. The van der Waals surface area contributed by atoms with Crippen molar-refractivity contribution in [2.24, 2.45) is 0 Å². The van der Waals surface area contributed by atoms with Crippen molar-refractivity contribution in [1.82, 2.24) is 0 Å². The molecule has 5 rings (SSSR count). The normalized spacial score (nSPS) is 12.4. The van der Waals surface area contributed by atoms with Crippen LogP contribution in [0.15, 0.2) is 109 Å². The Bertz CT molecular complexity index is 1990. The number of carbonyl (C=O) groups excluding carboxylic acids is 1. The highest BCUT2D eigenvalue weighted by Gasteiger charge is 2.22. The van der Waals surface area contributed by atoms with Crippen LogP contribution in [0.4, 0.5) is 11.4 Å². The monoisotopic (exact) mass is 674 g/mol. The third kappa shape index (κ3) is 9.46. The van der Waals surface area contributed by atoms with Gasteiger partial charge in [0.1, 0.15) is 0 Å². The average Bonchev–Trinajstić information content (AvgIpc) is 3.04. The van der Waals surface area contributed by atoms with E-state index >= 15 is 0 Å². The molecule has 0 bridgehead atoms. The van der Waals surface area contributed by atoms with Crippen molar-refractivity contribution in [2.45, 2.75) is 59.3 Å². The van der Waals surface area contributed by atoms with Gasteiger partial charge in [0.25, 0.3) is 10.1 Å². The van der Waals surface area contributed by atoms with Crippen LogP contribution in [-0.2, 0) is 26.7 Å². The first kappa shape index (κ1) is 35.6. The van der Waals surface area contributed by atoms with Gasteiger partial charge < -0.3 is 10.6 Å². The Kier molecular flexibility index (Phi) is 10.8. The molecule has 49 heavy (non-hydrogen) atoms. The molecule has 1 atom stereocenters. The Labute approximate surface area is 291 Å². The first-order valence-corrected chi connectivity index (χ1v) is 18.3. The average molecular weight is 675 g/mol. The van der Waals surface area contributed by atoms with Gasteiger partial charge in [-0.3, -0.25) is 9.35 Å². The lowest BCUT2D eigenvalue weighted by atomic mass is 9.86. The van der Waals surface area contributed by atoms with Crippen LogP contribution in [0.5, 0.6) is 0 Å². The molecule has 6 nitrogen and oxygen atoms in total. The summed E-state index contributed by atoms with van der Waals surface area (Å²) in [5, 5.41) is 6.18. The van der Waals surface area contributed by atoms with Gasteiger partial charge in [0, 0.05) is 17.9 Å². The Morgan fingerprint density at radius 3 is 1.76 bits per heavy atom. The number of amides is 1. The number of benzene rings is 5. The molecule has 0 heterocycles. The largest absolute Gasteiger partial charge is 0.384 e. The Balaban J connectivity index is 1.38. The zero-order valence-electron chi connectivity index (χ0n) is 29.2. The van der Waals surface area contributed by atoms with Crippen LogP contribution in [0.2, 0.25) is 0 Å². The number of nitrogens with one attached hydrogen (secondary N) is 2. The smallest absolute Gasteiger partial charge is 0.266 e. The predicted octanol–water partition coefficient (Wildman–Crippen LogP) is 9.51. The fourth-order valence-corrected chi connectivity index (χ4v) is 6.70. The number of carbonyl (C=O) groups is 1. The van der Waals surface area contributed by atoms with Crippen molar-refractivity contribution < 1.29 is 17.8 Å². The number of aryl methyl sites for hydroxylation is 3. The summed E-state index contributed by atoms with van der Waals surface area (Å²) in [6.07, 6.45) is 0.469. The van der Waals surface area contributed by atoms with Gasteiger partial charge in [-0.15, -0.1) is 0 Å². The lowest BCUT2D eigenvalue weighted by Crippen LogP contribution is -2.23. The summed E-state index contributed by atoms with van der Waals surface area (Å²) < 4.78 is 31.2. The summed E-state index contributed by atoms with van der Waals surface area (Å²) in [7, 11) is -4.04. The van der Waals surface area contributed by atoms with Crippen molar-refractivity contribution in [3.63, 3.8) is 0 Å². The Morgan fingerprint density at radius 1 is 0.714 bits per heavy atom. The molecule has 0 aliphatic carbocycles. The van der Waals surface area contributed by atoms with Gasteiger partial charge in [0.2, 0.25) is 5.91 Å². The molecule has 0 saturated carbocycles. The van der Waals surface area contributed by atoms with E-state index in [4.69, 9.17) is 4.55 Å². The second-order valence-electron chi connectivity index (χ2n) is 14.0. The molecular weight excluding hydrogens is 629 g/mol. The molecule has 0 aliphatic heterocycles. The van der Waals surface area contributed by atoms with Crippen LogP contribution in [0, 0.1) is 20.8 Å². The van der Waals surface area contributed by atoms with E-state index < -0.39 is 16.0 Å². The van der Waals surface area contributed by atoms with Crippen LogP contribution >= 0.6 is 0 Å².